The molecule has 0 atom stereocenters. The summed E-state index contributed by atoms with van der Waals surface area (Å²) in [6.45, 7) is 2.05. The van der Waals surface area contributed by atoms with Crippen LogP contribution in [0.25, 0.3) is 10.9 Å². The molecule has 2 aromatic rings. The van der Waals surface area contributed by atoms with Crippen molar-refractivity contribution in [3.05, 3.63) is 35.4 Å². The van der Waals surface area contributed by atoms with Gasteiger partial charge in [-0.25, -0.2) is 9.78 Å². The number of benzene rings is 1. The minimum Gasteiger partial charge on any atom is -0.450 e. The van der Waals surface area contributed by atoms with E-state index in [4.69, 9.17) is 16.3 Å². The third-order valence-electron chi connectivity index (χ3n) is 2.17. The molecule has 0 aliphatic rings. The molecular weight excluding hydrogens is 240 g/mol. The fourth-order valence-corrected chi connectivity index (χ4v) is 1.73. The molecule has 0 aliphatic carbocycles. The Hall–Kier alpha value is -1.81. The molecule has 0 saturated carbocycles. The number of amides is 1. The highest BCUT2D eigenvalue weighted by Crippen LogP contribution is 2.24. The first-order valence-electron chi connectivity index (χ1n) is 5.19. The monoisotopic (exact) mass is 250 g/mol. The van der Waals surface area contributed by atoms with Gasteiger partial charge in [0.2, 0.25) is 0 Å². The van der Waals surface area contributed by atoms with Gasteiger partial charge in [-0.05, 0) is 13.0 Å². The maximum Gasteiger partial charge on any atom is 0.412 e. The van der Waals surface area contributed by atoms with Crippen LogP contribution in [0.2, 0.25) is 5.02 Å². The Morgan fingerprint density at radius 1 is 1.47 bits per heavy atom. The number of hydrogen-bond donors (Lipinski definition) is 1. The summed E-state index contributed by atoms with van der Waals surface area (Å²) in [5.74, 6) is 0.382. The molecule has 1 amide bonds. The predicted molar refractivity (Wildman–Crippen MR) is 67.4 cm³/mol. The summed E-state index contributed by atoms with van der Waals surface area (Å²) in [5.41, 5.74) is 0.729. The van der Waals surface area contributed by atoms with E-state index < -0.39 is 6.09 Å². The second kappa shape index (κ2) is 5.01. The topological polar surface area (TPSA) is 51.2 Å². The lowest BCUT2D eigenvalue weighted by Crippen LogP contribution is -2.14. The number of pyridine rings is 1. The summed E-state index contributed by atoms with van der Waals surface area (Å²) in [6.07, 6.45) is -0.536. The number of para-hydroxylation sites is 1. The molecule has 0 bridgehead atoms. The minimum absolute atomic E-state index is 0.313. The zero-order chi connectivity index (χ0) is 12.3. The summed E-state index contributed by atoms with van der Waals surface area (Å²) in [5, 5.41) is 3.91. The summed E-state index contributed by atoms with van der Waals surface area (Å²) in [7, 11) is 0. The molecule has 0 spiro atoms. The number of carbonyl (C=O) groups excluding carboxylic acids is 1. The average molecular weight is 251 g/mol. The Balaban J connectivity index is 2.33. The van der Waals surface area contributed by atoms with Crippen LogP contribution in [0.15, 0.2) is 30.3 Å². The van der Waals surface area contributed by atoms with Crippen molar-refractivity contribution in [1.29, 1.82) is 0 Å². The SMILES string of the molecule is CCOC(=O)Nc1cc(Cl)c2ccccc2n1. The Kier molecular flexibility index (Phi) is 3.44. The van der Waals surface area contributed by atoms with Crippen LogP contribution in [0.1, 0.15) is 6.92 Å². The largest absolute Gasteiger partial charge is 0.450 e. The molecule has 1 heterocycles. The summed E-state index contributed by atoms with van der Waals surface area (Å²) in [4.78, 5) is 15.5. The average Bonchev–Trinajstić information content (AvgIpc) is 2.29. The van der Waals surface area contributed by atoms with E-state index >= 15 is 0 Å². The maximum atomic E-state index is 11.2. The molecule has 2 rings (SSSR count). The van der Waals surface area contributed by atoms with Gasteiger partial charge in [-0.15, -0.1) is 0 Å². The standard InChI is InChI=1S/C12H11ClN2O2/c1-2-17-12(16)15-11-7-9(13)8-5-3-4-6-10(8)14-11/h3-7H,2H2,1H3,(H,14,15,16). The summed E-state index contributed by atoms with van der Waals surface area (Å²) in [6, 6.07) is 9.05. The van der Waals surface area contributed by atoms with Gasteiger partial charge < -0.3 is 4.74 Å². The molecule has 0 saturated heterocycles. The molecule has 1 N–H and O–H groups in total. The van der Waals surface area contributed by atoms with E-state index in [-0.39, 0.29) is 0 Å². The van der Waals surface area contributed by atoms with Gasteiger partial charge in [0, 0.05) is 11.5 Å². The molecule has 0 aliphatic heterocycles. The Bertz CT molecular complexity index is 557. The first-order chi connectivity index (χ1) is 8.20. The number of halogens is 1. The second-order valence-corrected chi connectivity index (χ2v) is 3.76. The number of ether oxygens (including phenoxy) is 1. The van der Waals surface area contributed by atoms with Crippen LogP contribution in [0.5, 0.6) is 0 Å². The third-order valence-corrected chi connectivity index (χ3v) is 2.48. The number of rotatable bonds is 2. The number of carbonyl (C=O) groups is 1. The van der Waals surface area contributed by atoms with Crippen LogP contribution in [-0.4, -0.2) is 17.7 Å². The molecule has 1 aromatic carbocycles. The molecule has 0 radical (unpaired) electrons. The lowest BCUT2D eigenvalue weighted by Gasteiger charge is -2.06. The van der Waals surface area contributed by atoms with E-state index in [2.05, 4.69) is 10.3 Å². The van der Waals surface area contributed by atoms with Gasteiger partial charge in [0.1, 0.15) is 5.82 Å². The maximum absolute atomic E-state index is 11.2. The van der Waals surface area contributed by atoms with Gasteiger partial charge in [0.05, 0.1) is 17.1 Å². The number of hydrogen-bond acceptors (Lipinski definition) is 3. The summed E-state index contributed by atoms with van der Waals surface area (Å²) >= 11 is 6.09. The van der Waals surface area contributed by atoms with Gasteiger partial charge in [-0.1, -0.05) is 29.8 Å². The molecule has 4 nitrogen and oxygen atoms in total. The first-order valence-corrected chi connectivity index (χ1v) is 5.57. The van der Waals surface area contributed by atoms with E-state index in [0.29, 0.717) is 17.4 Å². The zero-order valence-corrected chi connectivity index (χ0v) is 9.99. The highest BCUT2D eigenvalue weighted by molar-refractivity contribution is 6.35. The predicted octanol–water partition coefficient (Wildman–Crippen LogP) is 3.46. The van der Waals surface area contributed by atoms with Crippen LogP contribution in [0.3, 0.4) is 0 Å². The van der Waals surface area contributed by atoms with Crippen molar-refractivity contribution in [2.24, 2.45) is 0 Å². The lowest BCUT2D eigenvalue weighted by atomic mass is 10.2. The molecular formula is C12H11ClN2O2. The molecule has 5 heteroatoms. The minimum atomic E-state index is -0.536. The van der Waals surface area contributed by atoms with Crippen LogP contribution in [0.4, 0.5) is 10.6 Å². The Labute approximate surface area is 104 Å². The van der Waals surface area contributed by atoms with Crippen molar-refractivity contribution in [2.45, 2.75) is 6.92 Å². The number of nitrogens with zero attached hydrogens (tertiary/aromatic N) is 1. The fourth-order valence-electron chi connectivity index (χ4n) is 1.47. The van der Waals surface area contributed by atoms with E-state index in [1.54, 1.807) is 13.0 Å². The normalized spacial score (nSPS) is 10.2. The van der Waals surface area contributed by atoms with E-state index in [9.17, 15) is 4.79 Å². The third kappa shape index (κ3) is 2.65. The molecule has 0 unspecified atom stereocenters. The van der Waals surface area contributed by atoms with Crippen molar-refractivity contribution in [1.82, 2.24) is 4.98 Å². The molecule has 17 heavy (non-hydrogen) atoms. The van der Waals surface area contributed by atoms with E-state index in [1.807, 2.05) is 24.3 Å². The van der Waals surface area contributed by atoms with E-state index in [1.165, 1.54) is 0 Å². The van der Waals surface area contributed by atoms with Crippen LogP contribution in [0, 0.1) is 0 Å². The lowest BCUT2D eigenvalue weighted by molar-refractivity contribution is 0.168. The van der Waals surface area contributed by atoms with Gasteiger partial charge in [-0.2, -0.15) is 0 Å². The van der Waals surface area contributed by atoms with Crippen molar-refractivity contribution in [2.75, 3.05) is 11.9 Å². The quantitative estimate of drug-likeness (QED) is 0.888. The van der Waals surface area contributed by atoms with Crippen LogP contribution >= 0.6 is 11.6 Å². The molecule has 1 aromatic heterocycles. The highest BCUT2D eigenvalue weighted by Gasteiger charge is 2.07. The van der Waals surface area contributed by atoms with Gasteiger partial charge >= 0.3 is 6.09 Å². The smallest absolute Gasteiger partial charge is 0.412 e. The zero-order valence-electron chi connectivity index (χ0n) is 9.24. The van der Waals surface area contributed by atoms with Gasteiger partial charge in [-0.3, -0.25) is 5.32 Å². The summed E-state index contributed by atoms with van der Waals surface area (Å²) < 4.78 is 4.76. The molecule has 88 valence electrons. The van der Waals surface area contributed by atoms with Crippen LogP contribution in [-0.2, 0) is 4.74 Å². The number of anilines is 1. The number of fused-ring (bicyclic) bond motifs is 1. The van der Waals surface area contributed by atoms with Crippen molar-refractivity contribution < 1.29 is 9.53 Å². The molecule has 0 fully saturated rings. The van der Waals surface area contributed by atoms with Crippen molar-refractivity contribution >= 4 is 34.4 Å². The highest BCUT2D eigenvalue weighted by atomic mass is 35.5. The first kappa shape index (κ1) is 11.7. The second-order valence-electron chi connectivity index (χ2n) is 3.35. The van der Waals surface area contributed by atoms with Crippen molar-refractivity contribution in [3.63, 3.8) is 0 Å². The number of aromatic nitrogens is 1. The van der Waals surface area contributed by atoms with Crippen molar-refractivity contribution in [3.8, 4) is 0 Å². The van der Waals surface area contributed by atoms with E-state index in [0.717, 1.165) is 10.9 Å². The van der Waals surface area contributed by atoms with Gasteiger partial charge in [0.25, 0.3) is 0 Å². The van der Waals surface area contributed by atoms with Crippen LogP contribution < -0.4 is 5.32 Å². The Morgan fingerprint density at radius 2 is 2.24 bits per heavy atom. The fraction of sp³-hybridized carbons (Fsp3) is 0.167. The van der Waals surface area contributed by atoms with Gasteiger partial charge in [0.15, 0.2) is 0 Å². The number of nitrogens with one attached hydrogen (secondary N) is 1. The Morgan fingerprint density at radius 3 is 3.00 bits per heavy atom.